The molecule has 0 radical (unpaired) electrons. The Morgan fingerprint density at radius 2 is 1.85 bits per heavy atom. The number of rotatable bonds is 7. The van der Waals surface area contributed by atoms with E-state index in [1.54, 1.807) is 25.1 Å². The number of halogens is 4. The molecule has 0 spiro atoms. The van der Waals surface area contributed by atoms with Crippen LogP contribution < -0.4 is 9.47 Å². The highest BCUT2D eigenvalue weighted by Crippen LogP contribution is 2.36. The number of carbonyl (C=O) groups excluding carboxylic acids is 1. The quantitative estimate of drug-likeness (QED) is 0.397. The van der Waals surface area contributed by atoms with Gasteiger partial charge in [-0.15, -0.1) is 0 Å². The van der Waals surface area contributed by atoms with E-state index in [0.29, 0.717) is 27.6 Å². The molecular weight excluding hydrogens is 385 g/mol. The van der Waals surface area contributed by atoms with Crippen molar-refractivity contribution < 1.29 is 23.0 Å². The molecule has 140 valence electrons. The van der Waals surface area contributed by atoms with Crippen LogP contribution in [0.25, 0.3) is 0 Å². The van der Waals surface area contributed by atoms with Crippen molar-refractivity contribution in [2.75, 3.05) is 0 Å². The number of ether oxygens (including phenoxy) is 2. The van der Waals surface area contributed by atoms with Crippen molar-refractivity contribution in [2.45, 2.75) is 39.7 Å². The van der Waals surface area contributed by atoms with Crippen LogP contribution in [0, 0.1) is 0 Å². The molecule has 0 fully saturated rings. The molecule has 0 aliphatic rings. The van der Waals surface area contributed by atoms with Crippen LogP contribution in [0.4, 0.5) is 8.78 Å². The fraction of sp³-hybridized carbons (Fsp3) is 0.316. The number of carbonyl (C=O) groups is 1. The Kier molecular flexibility index (Phi) is 7.23. The van der Waals surface area contributed by atoms with Crippen LogP contribution >= 0.6 is 23.2 Å². The smallest absolute Gasteiger partial charge is 0.310 e. The summed E-state index contributed by atoms with van der Waals surface area (Å²) in [5, 5.41) is 0.657. The molecule has 0 heterocycles. The summed E-state index contributed by atoms with van der Waals surface area (Å²) in [6.07, 6.45) is -1.99. The number of esters is 1. The van der Waals surface area contributed by atoms with Gasteiger partial charge in [0.25, 0.3) is 6.43 Å². The van der Waals surface area contributed by atoms with Crippen LogP contribution in [0.15, 0.2) is 30.3 Å². The standard InChI is InChI=1S/C19H18Cl2F2O3/c1-3-11-8-12(19(22)23)17(9-15(11)21)25-10-13-14(20)6-5-7-16(13)26-18(24)4-2/h5-9,19H,3-4,10H2,1-2H3. The molecule has 2 rings (SSSR count). The molecule has 0 aromatic heterocycles. The molecule has 3 nitrogen and oxygen atoms in total. The Hall–Kier alpha value is -1.85. The first-order chi connectivity index (χ1) is 12.4. The second-order valence-electron chi connectivity index (χ2n) is 5.47. The van der Waals surface area contributed by atoms with Gasteiger partial charge in [0.05, 0.1) is 16.1 Å². The lowest BCUT2D eigenvalue weighted by Gasteiger charge is -2.16. The minimum atomic E-state index is -2.71. The zero-order chi connectivity index (χ0) is 19.3. The fourth-order valence-corrected chi connectivity index (χ4v) is 2.81. The molecule has 0 bridgehead atoms. The largest absolute Gasteiger partial charge is 0.488 e. The predicted octanol–water partition coefficient (Wildman–Crippen LogP) is 6.39. The van der Waals surface area contributed by atoms with Crippen molar-refractivity contribution in [3.8, 4) is 11.5 Å². The summed E-state index contributed by atoms with van der Waals surface area (Å²) >= 11 is 12.3. The summed E-state index contributed by atoms with van der Waals surface area (Å²) in [4.78, 5) is 11.6. The average molecular weight is 403 g/mol. The van der Waals surface area contributed by atoms with E-state index < -0.39 is 12.4 Å². The van der Waals surface area contributed by atoms with Gasteiger partial charge < -0.3 is 9.47 Å². The van der Waals surface area contributed by atoms with Gasteiger partial charge in [-0.1, -0.05) is 43.1 Å². The van der Waals surface area contributed by atoms with E-state index in [9.17, 15) is 13.6 Å². The van der Waals surface area contributed by atoms with E-state index in [0.717, 1.165) is 0 Å². The van der Waals surface area contributed by atoms with Crippen LogP contribution in [0.5, 0.6) is 11.5 Å². The lowest BCUT2D eigenvalue weighted by Crippen LogP contribution is -2.09. The third kappa shape index (κ3) is 4.86. The van der Waals surface area contributed by atoms with Gasteiger partial charge in [0, 0.05) is 11.4 Å². The van der Waals surface area contributed by atoms with Gasteiger partial charge in [0.1, 0.15) is 18.1 Å². The third-order valence-corrected chi connectivity index (χ3v) is 4.46. The van der Waals surface area contributed by atoms with E-state index in [-0.39, 0.29) is 30.1 Å². The van der Waals surface area contributed by atoms with E-state index >= 15 is 0 Å². The molecule has 0 N–H and O–H groups in total. The summed E-state index contributed by atoms with van der Waals surface area (Å²) in [6, 6.07) is 7.51. The lowest BCUT2D eigenvalue weighted by atomic mass is 10.1. The Morgan fingerprint density at radius 1 is 1.12 bits per heavy atom. The molecule has 26 heavy (non-hydrogen) atoms. The molecule has 0 saturated carbocycles. The first kappa shape index (κ1) is 20.5. The van der Waals surface area contributed by atoms with E-state index in [4.69, 9.17) is 32.7 Å². The maximum Gasteiger partial charge on any atom is 0.310 e. The number of hydrogen-bond acceptors (Lipinski definition) is 3. The monoisotopic (exact) mass is 402 g/mol. The van der Waals surface area contributed by atoms with Crippen molar-refractivity contribution in [1.29, 1.82) is 0 Å². The van der Waals surface area contributed by atoms with Gasteiger partial charge in [-0.05, 0) is 36.2 Å². The van der Waals surface area contributed by atoms with Crippen molar-refractivity contribution in [3.63, 3.8) is 0 Å². The van der Waals surface area contributed by atoms with Gasteiger partial charge in [-0.2, -0.15) is 0 Å². The first-order valence-corrected chi connectivity index (χ1v) is 8.84. The lowest BCUT2D eigenvalue weighted by molar-refractivity contribution is -0.134. The zero-order valence-electron chi connectivity index (χ0n) is 14.3. The van der Waals surface area contributed by atoms with E-state index in [1.807, 2.05) is 6.92 Å². The molecule has 2 aromatic carbocycles. The van der Waals surface area contributed by atoms with Crippen molar-refractivity contribution >= 4 is 29.2 Å². The topological polar surface area (TPSA) is 35.5 Å². The molecule has 0 atom stereocenters. The highest BCUT2D eigenvalue weighted by molar-refractivity contribution is 6.31. The van der Waals surface area contributed by atoms with Crippen LogP contribution in [0.3, 0.4) is 0 Å². The van der Waals surface area contributed by atoms with Gasteiger partial charge >= 0.3 is 5.97 Å². The molecule has 0 aliphatic heterocycles. The van der Waals surface area contributed by atoms with Crippen molar-refractivity contribution in [3.05, 3.63) is 57.1 Å². The van der Waals surface area contributed by atoms with Gasteiger partial charge in [0.2, 0.25) is 0 Å². The van der Waals surface area contributed by atoms with Crippen LogP contribution in [-0.2, 0) is 17.8 Å². The molecule has 0 aliphatic carbocycles. The Balaban J connectivity index is 2.32. The number of alkyl halides is 2. The maximum atomic E-state index is 13.4. The van der Waals surface area contributed by atoms with Crippen LogP contribution in [0.2, 0.25) is 10.0 Å². The second kappa shape index (κ2) is 9.19. The fourth-order valence-electron chi connectivity index (χ4n) is 2.30. The van der Waals surface area contributed by atoms with Crippen LogP contribution in [0.1, 0.15) is 43.4 Å². The number of benzene rings is 2. The molecular formula is C19H18Cl2F2O3. The molecule has 0 saturated heterocycles. The Bertz CT molecular complexity index is 795. The maximum absolute atomic E-state index is 13.4. The second-order valence-corrected chi connectivity index (χ2v) is 6.28. The Labute approximate surface area is 160 Å². The minimum absolute atomic E-state index is 0.0325. The molecule has 0 amide bonds. The third-order valence-electron chi connectivity index (χ3n) is 3.76. The average Bonchev–Trinajstić information content (AvgIpc) is 2.60. The first-order valence-electron chi connectivity index (χ1n) is 8.08. The van der Waals surface area contributed by atoms with Crippen LogP contribution in [-0.4, -0.2) is 5.97 Å². The summed E-state index contributed by atoms with van der Waals surface area (Å²) in [5.74, 6) is -0.230. The molecule has 0 unspecified atom stereocenters. The molecule has 7 heteroatoms. The Morgan fingerprint density at radius 3 is 2.46 bits per heavy atom. The summed E-state index contributed by atoms with van der Waals surface area (Å²) < 4.78 is 37.5. The molecule has 2 aromatic rings. The predicted molar refractivity (Wildman–Crippen MR) is 97.5 cm³/mol. The zero-order valence-corrected chi connectivity index (χ0v) is 15.8. The van der Waals surface area contributed by atoms with Gasteiger partial charge in [-0.25, -0.2) is 8.78 Å². The SMILES string of the molecule is CCC(=O)Oc1cccc(Cl)c1COc1cc(Cl)c(CC)cc1C(F)F. The summed E-state index contributed by atoms with van der Waals surface area (Å²) in [6.45, 7) is 3.35. The normalized spacial score (nSPS) is 10.9. The summed E-state index contributed by atoms with van der Waals surface area (Å²) in [7, 11) is 0. The van der Waals surface area contributed by atoms with Gasteiger partial charge in [-0.3, -0.25) is 4.79 Å². The summed E-state index contributed by atoms with van der Waals surface area (Å²) in [5.41, 5.74) is 0.766. The van der Waals surface area contributed by atoms with Gasteiger partial charge in [0.15, 0.2) is 0 Å². The number of hydrogen-bond donors (Lipinski definition) is 0. The van der Waals surface area contributed by atoms with E-state index in [1.165, 1.54) is 12.1 Å². The minimum Gasteiger partial charge on any atom is -0.488 e. The highest BCUT2D eigenvalue weighted by Gasteiger charge is 2.19. The van der Waals surface area contributed by atoms with Crippen molar-refractivity contribution in [1.82, 2.24) is 0 Å². The highest BCUT2D eigenvalue weighted by atomic mass is 35.5. The van der Waals surface area contributed by atoms with Crippen molar-refractivity contribution in [2.24, 2.45) is 0 Å². The van der Waals surface area contributed by atoms with E-state index in [2.05, 4.69) is 0 Å². The number of aryl methyl sites for hydroxylation is 1.